The maximum atomic E-state index is 12.5. The molecular weight excluding hydrogens is 288 g/mol. The summed E-state index contributed by atoms with van der Waals surface area (Å²) in [5, 5.41) is 0. The Morgan fingerprint density at radius 2 is 2.04 bits per heavy atom. The van der Waals surface area contributed by atoms with Crippen molar-refractivity contribution in [3.63, 3.8) is 0 Å². The van der Waals surface area contributed by atoms with Crippen LogP contribution in [0.3, 0.4) is 0 Å². The van der Waals surface area contributed by atoms with Crippen molar-refractivity contribution in [2.24, 2.45) is 0 Å². The second-order valence-electron chi connectivity index (χ2n) is 5.92. The maximum Gasteiger partial charge on any atom is 0.410 e. The first-order valence-corrected chi connectivity index (χ1v) is 8.14. The van der Waals surface area contributed by atoms with Gasteiger partial charge in [-0.1, -0.05) is 36.4 Å². The van der Waals surface area contributed by atoms with E-state index in [2.05, 4.69) is 11.1 Å². The zero-order valence-corrected chi connectivity index (χ0v) is 13.4. The summed E-state index contributed by atoms with van der Waals surface area (Å²) in [7, 11) is 0. The van der Waals surface area contributed by atoms with Crippen LogP contribution in [0.1, 0.15) is 42.1 Å². The number of amides is 1. The monoisotopic (exact) mass is 310 g/mol. The van der Waals surface area contributed by atoms with Gasteiger partial charge in [0, 0.05) is 18.4 Å². The highest BCUT2D eigenvalue weighted by molar-refractivity contribution is 5.68. The normalized spacial score (nSPS) is 17.8. The van der Waals surface area contributed by atoms with Gasteiger partial charge in [-0.3, -0.25) is 4.98 Å². The van der Waals surface area contributed by atoms with Gasteiger partial charge in [0.1, 0.15) is 6.61 Å². The largest absolute Gasteiger partial charge is 0.445 e. The number of hydrogen-bond acceptors (Lipinski definition) is 3. The van der Waals surface area contributed by atoms with E-state index in [0.29, 0.717) is 6.61 Å². The highest BCUT2D eigenvalue weighted by Crippen LogP contribution is 2.32. The molecule has 3 rings (SSSR count). The zero-order valence-electron chi connectivity index (χ0n) is 13.4. The van der Waals surface area contributed by atoms with E-state index in [4.69, 9.17) is 4.74 Å². The topological polar surface area (TPSA) is 42.4 Å². The molecule has 1 atom stereocenters. The van der Waals surface area contributed by atoms with E-state index < -0.39 is 0 Å². The molecule has 1 saturated heterocycles. The van der Waals surface area contributed by atoms with Gasteiger partial charge in [-0.25, -0.2) is 4.79 Å². The summed E-state index contributed by atoms with van der Waals surface area (Å²) >= 11 is 0. The summed E-state index contributed by atoms with van der Waals surface area (Å²) in [6.45, 7) is 3.05. The molecule has 120 valence electrons. The molecule has 1 amide bonds. The van der Waals surface area contributed by atoms with Crippen molar-refractivity contribution in [1.29, 1.82) is 0 Å². The van der Waals surface area contributed by atoms with Gasteiger partial charge in [0.05, 0.1) is 6.04 Å². The Labute approximate surface area is 137 Å². The van der Waals surface area contributed by atoms with Gasteiger partial charge in [0.25, 0.3) is 0 Å². The molecule has 1 fully saturated rings. The van der Waals surface area contributed by atoms with E-state index in [1.807, 2.05) is 48.2 Å². The van der Waals surface area contributed by atoms with Crippen LogP contribution in [0.5, 0.6) is 0 Å². The van der Waals surface area contributed by atoms with Gasteiger partial charge in [-0.2, -0.15) is 0 Å². The molecule has 23 heavy (non-hydrogen) atoms. The maximum absolute atomic E-state index is 12.5. The smallest absolute Gasteiger partial charge is 0.410 e. The summed E-state index contributed by atoms with van der Waals surface area (Å²) < 4.78 is 5.53. The number of pyridine rings is 1. The van der Waals surface area contributed by atoms with E-state index in [1.165, 1.54) is 0 Å². The number of aromatic nitrogens is 1. The quantitative estimate of drug-likeness (QED) is 0.851. The summed E-state index contributed by atoms with van der Waals surface area (Å²) in [5.41, 5.74) is 3.12. The van der Waals surface area contributed by atoms with Crippen molar-refractivity contribution in [2.45, 2.75) is 38.8 Å². The Morgan fingerprint density at radius 1 is 1.22 bits per heavy atom. The molecule has 4 heteroatoms. The van der Waals surface area contributed by atoms with Gasteiger partial charge in [0.2, 0.25) is 0 Å². The van der Waals surface area contributed by atoms with Gasteiger partial charge in [-0.15, -0.1) is 0 Å². The van der Waals surface area contributed by atoms with Crippen LogP contribution in [0.15, 0.2) is 48.7 Å². The average Bonchev–Trinajstić information content (AvgIpc) is 2.61. The third-order valence-corrected chi connectivity index (χ3v) is 4.35. The van der Waals surface area contributed by atoms with Crippen LogP contribution in [0, 0.1) is 6.92 Å². The fourth-order valence-corrected chi connectivity index (χ4v) is 3.12. The molecular formula is C19H22N2O2. The number of ether oxygens (including phenoxy) is 1. The molecule has 0 unspecified atom stereocenters. The molecule has 2 aromatic rings. The molecule has 0 saturated carbocycles. The lowest BCUT2D eigenvalue weighted by Crippen LogP contribution is -2.39. The molecule has 1 aliphatic heterocycles. The number of hydrogen-bond donors (Lipinski definition) is 0. The van der Waals surface area contributed by atoms with E-state index in [0.717, 1.165) is 42.6 Å². The van der Waals surface area contributed by atoms with Crippen LogP contribution >= 0.6 is 0 Å². The highest BCUT2D eigenvalue weighted by atomic mass is 16.6. The Bertz CT molecular complexity index is 657. The Morgan fingerprint density at radius 3 is 2.83 bits per heavy atom. The lowest BCUT2D eigenvalue weighted by atomic mass is 9.95. The SMILES string of the molecule is Cc1ncccc1[C@@H]1CCCCN1C(=O)OCc1ccccc1. The molecule has 1 aromatic heterocycles. The van der Waals surface area contributed by atoms with Crippen LogP contribution in [-0.2, 0) is 11.3 Å². The van der Waals surface area contributed by atoms with Gasteiger partial charge in [0.15, 0.2) is 0 Å². The van der Waals surface area contributed by atoms with Crippen molar-refractivity contribution >= 4 is 6.09 Å². The molecule has 0 N–H and O–H groups in total. The van der Waals surface area contributed by atoms with Crippen molar-refractivity contribution < 1.29 is 9.53 Å². The van der Waals surface area contributed by atoms with Crippen LogP contribution in [0.4, 0.5) is 4.79 Å². The molecule has 1 aromatic carbocycles. The summed E-state index contributed by atoms with van der Waals surface area (Å²) in [5.74, 6) is 0. The number of likely N-dealkylation sites (tertiary alicyclic amines) is 1. The average molecular weight is 310 g/mol. The highest BCUT2D eigenvalue weighted by Gasteiger charge is 2.30. The molecule has 0 bridgehead atoms. The Hall–Kier alpha value is -2.36. The fraction of sp³-hybridized carbons (Fsp3) is 0.368. The van der Waals surface area contributed by atoms with E-state index >= 15 is 0 Å². The first kappa shape index (κ1) is 15.5. The summed E-state index contributed by atoms with van der Waals surface area (Å²) in [6, 6.07) is 13.9. The van der Waals surface area contributed by atoms with Crippen LogP contribution in [-0.4, -0.2) is 22.5 Å². The molecule has 0 radical (unpaired) electrons. The van der Waals surface area contributed by atoms with Crippen LogP contribution in [0.2, 0.25) is 0 Å². The van der Waals surface area contributed by atoms with Gasteiger partial charge >= 0.3 is 6.09 Å². The lowest BCUT2D eigenvalue weighted by Gasteiger charge is -2.35. The number of piperidine rings is 1. The van der Waals surface area contributed by atoms with E-state index in [9.17, 15) is 4.79 Å². The summed E-state index contributed by atoms with van der Waals surface area (Å²) in [4.78, 5) is 18.8. The van der Waals surface area contributed by atoms with Crippen LogP contribution in [0.25, 0.3) is 0 Å². The number of carbonyl (C=O) groups excluding carboxylic acids is 1. The number of benzene rings is 1. The second-order valence-corrected chi connectivity index (χ2v) is 5.92. The minimum Gasteiger partial charge on any atom is -0.445 e. The molecule has 2 heterocycles. The predicted molar refractivity (Wildman–Crippen MR) is 88.9 cm³/mol. The van der Waals surface area contributed by atoms with Gasteiger partial charge < -0.3 is 9.64 Å². The standard InChI is InChI=1S/C19H22N2O2/c1-15-17(10-7-12-20-15)18-11-5-6-13-21(18)19(22)23-14-16-8-3-2-4-9-16/h2-4,7-10,12,18H,5-6,11,13-14H2,1H3/t18-/m0/s1. The zero-order chi connectivity index (χ0) is 16.1. The lowest BCUT2D eigenvalue weighted by molar-refractivity contribution is 0.0677. The third-order valence-electron chi connectivity index (χ3n) is 4.35. The minimum absolute atomic E-state index is 0.0701. The first-order chi connectivity index (χ1) is 11.3. The van der Waals surface area contributed by atoms with Crippen molar-refractivity contribution in [3.05, 3.63) is 65.5 Å². The van der Waals surface area contributed by atoms with E-state index in [-0.39, 0.29) is 12.1 Å². The van der Waals surface area contributed by atoms with Crippen molar-refractivity contribution in [3.8, 4) is 0 Å². The first-order valence-electron chi connectivity index (χ1n) is 8.14. The minimum atomic E-state index is -0.234. The molecule has 0 spiro atoms. The number of nitrogens with zero attached hydrogens (tertiary/aromatic N) is 2. The fourth-order valence-electron chi connectivity index (χ4n) is 3.12. The molecule has 4 nitrogen and oxygen atoms in total. The Kier molecular flexibility index (Phi) is 4.91. The third kappa shape index (κ3) is 3.70. The van der Waals surface area contributed by atoms with Crippen molar-refractivity contribution in [1.82, 2.24) is 9.88 Å². The number of aryl methyl sites for hydroxylation is 1. The molecule has 1 aliphatic rings. The Balaban J connectivity index is 1.71. The number of rotatable bonds is 3. The van der Waals surface area contributed by atoms with Gasteiger partial charge in [-0.05, 0) is 43.4 Å². The summed E-state index contributed by atoms with van der Waals surface area (Å²) in [6.07, 6.45) is 4.67. The molecule has 0 aliphatic carbocycles. The second kappa shape index (κ2) is 7.27. The van der Waals surface area contributed by atoms with E-state index in [1.54, 1.807) is 6.20 Å². The van der Waals surface area contributed by atoms with Crippen molar-refractivity contribution in [2.75, 3.05) is 6.54 Å². The van der Waals surface area contributed by atoms with Crippen LogP contribution < -0.4 is 0 Å². The number of carbonyl (C=O) groups is 1. The predicted octanol–water partition coefficient (Wildman–Crippen LogP) is 4.25.